The maximum atomic E-state index is 12.7. The van der Waals surface area contributed by atoms with Gasteiger partial charge in [-0.25, -0.2) is 0 Å². The van der Waals surface area contributed by atoms with Gasteiger partial charge in [0.25, 0.3) is 0 Å². The van der Waals surface area contributed by atoms with Gasteiger partial charge in [-0.2, -0.15) is 0 Å². The molecule has 1 N–H and O–H groups in total. The fourth-order valence-corrected chi connectivity index (χ4v) is 5.86. The summed E-state index contributed by atoms with van der Waals surface area (Å²) in [5.41, 5.74) is -0.331. The highest BCUT2D eigenvalue weighted by Crippen LogP contribution is 2.37. The lowest BCUT2D eigenvalue weighted by molar-refractivity contribution is -0.160. The molecule has 7 heteroatoms. The highest BCUT2D eigenvalue weighted by atomic mass is 16.5. The first kappa shape index (κ1) is 25.0. The average molecular weight is 452 g/mol. The van der Waals surface area contributed by atoms with Crippen LogP contribution in [0.3, 0.4) is 0 Å². The monoisotopic (exact) mass is 451 g/mol. The Morgan fingerprint density at radius 1 is 0.812 bits per heavy atom. The minimum atomic E-state index is -0.266. The zero-order chi connectivity index (χ0) is 23.5. The molecule has 0 bridgehead atoms. The normalized spacial score (nSPS) is 33.8. The minimum Gasteiger partial charge on any atom is -0.469 e. The lowest BCUT2D eigenvalue weighted by Gasteiger charge is -2.31. The van der Waals surface area contributed by atoms with Crippen molar-refractivity contribution < 1.29 is 28.6 Å². The van der Waals surface area contributed by atoms with E-state index in [1.807, 2.05) is 0 Å². The smallest absolute Gasteiger partial charge is 0.310 e. The van der Waals surface area contributed by atoms with Gasteiger partial charge in [-0.3, -0.25) is 14.4 Å². The molecule has 1 aliphatic heterocycles. The molecule has 1 heterocycles. The van der Waals surface area contributed by atoms with E-state index in [0.29, 0.717) is 25.4 Å². The Balaban J connectivity index is 1.36. The number of esters is 3. The molecule has 0 amide bonds. The largest absolute Gasteiger partial charge is 0.469 e. The van der Waals surface area contributed by atoms with Gasteiger partial charge in [0.1, 0.15) is 6.10 Å². The summed E-state index contributed by atoms with van der Waals surface area (Å²) < 4.78 is 16.3. The molecule has 0 aromatic rings. The SMILES string of the molecule is COC(=O)C1CCC(OC(=O)C2CCC(COC(=O)C3CC(C)(C)NC3(C)C)CC2)CC1. The zero-order valence-electron chi connectivity index (χ0n) is 20.4. The Morgan fingerprint density at radius 3 is 1.91 bits per heavy atom. The van der Waals surface area contributed by atoms with Crippen LogP contribution in [0.25, 0.3) is 0 Å². The topological polar surface area (TPSA) is 90.9 Å². The van der Waals surface area contributed by atoms with Gasteiger partial charge < -0.3 is 19.5 Å². The molecule has 182 valence electrons. The second kappa shape index (κ2) is 10.1. The molecule has 3 rings (SSSR count). The second-order valence-electron chi connectivity index (χ2n) is 11.3. The molecule has 32 heavy (non-hydrogen) atoms. The Morgan fingerprint density at radius 2 is 1.38 bits per heavy atom. The third kappa shape index (κ3) is 6.24. The van der Waals surface area contributed by atoms with Crippen molar-refractivity contribution in [3.8, 4) is 0 Å². The van der Waals surface area contributed by atoms with E-state index in [1.54, 1.807) is 0 Å². The summed E-state index contributed by atoms with van der Waals surface area (Å²) >= 11 is 0. The number of carbonyl (C=O) groups is 3. The first-order valence-corrected chi connectivity index (χ1v) is 12.2. The Kier molecular flexibility index (Phi) is 7.89. The van der Waals surface area contributed by atoms with Crippen LogP contribution in [0.1, 0.15) is 85.5 Å². The van der Waals surface area contributed by atoms with Gasteiger partial charge in [-0.1, -0.05) is 0 Å². The quantitative estimate of drug-likeness (QED) is 0.485. The van der Waals surface area contributed by atoms with Crippen molar-refractivity contribution in [1.82, 2.24) is 5.32 Å². The highest BCUT2D eigenvalue weighted by molar-refractivity contribution is 5.75. The lowest BCUT2D eigenvalue weighted by atomic mass is 9.82. The minimum absolute atomic E-state index is 0.0650. The van der Waals surface area contributed by atoms with Crippen LogP contribution in [0, 0.1) is 23.7 Å². The third-order valence-electron chi connectivity index (χ3n) is 7.66. The number of nitrogens with one attached hydrogen (secondary N) is 1. The number of ether oxygens (including phenoxy) is 3. The van der Waals surface area contributed by atoms with Gasteiger partial charge in [0, 0.05) is 11.1 Å². The summed E-state index contributed by atoms with van der Waals surface area (Å²) in [4.78, 5) is 37.0. The van der Waals surface area contributed by atoms with Crippen LogP contribution in [0.5, 0.6) is 0 Å². The summed E-state index contributed by atoms with van der Waals surface area (Å²) in [7, 11) is 1.42. The molecule has 2 saturated carbocycles. The number of hydrogen-bond acceptors (Lipinski definition) is 7. The molecule has 1 saturated heterocycles. The number of hydrogen-bond donors (Lipinski definition) is 1. The summed E-state index contributed by atoms with van der Waals surface area (Å²) in [5, 5.41) is 3.53. The van der Waals surface area contributed by atoms with Crippen molar-refractivity contribution >= 4 is 17.9 Å². The Labute approximate surface area is 192 Å². The van der Waals surface area contributed by atoms with E-state index in [0.717, 1.165) is 44.9 Å². The molecule has 3 fully saturated rings. The van der Waals surface area contributed by atoms with Crippen LogP contribution in [-0.4, -0.2) is 48.8 Å². The predicted molar refractivity (Wildman–Crippen MR) is 120 cm³/mol. The van der Waals surface area contributed by atoms with Gasteiger partial charge in [0.15, 0.2) is 0 Å². The van der Waals surface area contributed by atoms with Gasteiger partial charge in [-0.15, -0.1) is 0 Å². The van der Waals surface area contributed by atoms with Crippen LogP contribution in [0.4, 0.5) is 0 Å². The molecule has 1 unspecified atom stereocenters. The van der Waals surface area contributed by atoms with E-state index < -0.39 is 0 Å². The number of methoxy groups -OCH3 is 1. The van der Waals surface area contributed by atoms with Gasteiger partial charge in [-0.05, 0) is 91.4 Å². The summed E-state index contributed by atoms with van der Waals surface area (Å²) in [6, 6.07) is 0. The molecule has 0 radical (unpaired) electrons. The maximum absolute atomic E-state index is 12.7. The molecule has 3 aliphatic rings. The molecule has 0 spiro atoms. The van der Waals surface area contributed by atoms with E-state index >= 15 is 0 Å². The third-order valence-corrected chi connectivity index (χ3v) is 7.66. The molecule has 2 aliphatic carbocycles. The van der Waals surface area contributed by atoms with Crippen molar-refractivity contribution in [1.29, 1.82) is 0 Å². The van der Waals surface area contributed by atoms with Gasteiger partial charge in [0.2, 0.25) is 0 Å². The molecule has 1 atom stereocenters. The first-order chi connectivity index (χ1) is 15.0. The van der Waals surface area contributed by atoms with Crippen molar-refractivity contribution in [2.75, 3.05) is 13.7 Å². The standard InChI is InChI=1S/C25H41NO6/c1-24(2)14-20(25(3,4)26-24)23(29)31-15-16-6-8-18(9-7-16)22(28)32-19-12-10-17(11-13-19)21(27)30-5/h16-20,26H,6-15H2,1-5H3. The van der Waals surface area contributed by atoms with Crippen molar-refractivity contribution in [2.24, 2.45) is 23.7 Å². The Hall–Kier alpha value is -1.63. The molecule has 0 aromatic heterocycles. The molecular formula is C25H41NO6. The van der Waals surface area contributed by atoms with Crippen molar-refractivity contribution in [3.05, 3.63) is 0 Å². The first-order valence-electron chi connectivity index (χ1n) is 12.2. The molecular weight excluding hydrogens is 410 g/mol. The highest BCUT2D eigenvalue weighted by Gasteiger charge is 2.48. The number of rotatable bonds is 6. The van der Waals surface area contributed by atoms with Crippen LogP contribution >= 0.6 is 0 Å². The van der Waals surface area contributed by atoms with Gasteiger partial charge >= 0.3 is 17.9 Å². The summed E-state index contributed by atoms with van der Waals surface area (Å²) in [6.07, 6.45) is 6.87. The summed E-state index contributed by atoms with van der Waals surface area (Å²) in [5.74, 6) is -0.351. The number of carbonyl (C=O) groups excluding carboxylic acids is 3. The summed E-state index contributed by atoms with van der Waals surface area (Å²) in [6.45, 7) is 8.80. The van der Waals surface area contributed by atoms with Crippen molar-refractivity contribution in [3.63, 3.8) is 0 Å². The van der Waals surface area contributed by atoms with E-state index in [1.165, 1.54) is 7.11 Å². The van der Waals surface area contributed by atoms with Crippen LogP contribution in [0.15, 0.2) is 0 Å². The maximum Gasteiger partial charge on any atom is 0.310 e. The average Bonchev–Trinajstić information content (AvgIpc) is 2.99. The predicted octanol–water partition coefficient (Wildman–Crippen LogP) is 3.78. The van der Waals surface area contributed by atoms with E-state index in [9.17, 15) is 14.4 Å². The molecule has 7 nitrogen and oxygen atoms in total. The van der Waals surface area contributed by atoms with Crippen molar-refractivity contribution in [2.45, 2.75) is 103 Å². The van der Waals surface area contributed by atoms with Crippen LogP contribution < -0.4 is 5.32 Å². The van der Waals surface area contributed by atoms with Crippen LogP contribution in [0.2, 0.25) is 0 Å². The second-order valence-corrected chi connectivity index (χ2v) is 11.3. The lowest BCUT2D eigenvalue weighted by Crippen LogP contribution is -2.46. The van der Waals surface area contributed by atoms with Gasteiger partial charge in [0.05, 0.1) is 31.5 Å². The van der Waals surface area contributed by atoms with Crippen LogP contribution in [-0.2, 0) is 28.6 Å². The van der Waals surface area contributed by atoms with E-state index in [2.05, 4.69) is 33.0 Å². The fraction of sp³-hybridized carbons (Fsp3) is 0.880. The zero-order valence-corrected chi connectivity index (χ0v) is 20.4. The Bertz CT molecular complexity index is 687. The van der Waals surface area contributed by atoms with E-state index in [4.69, 9.17) is 14.2 Å². The van der Waals surface area contributed by atoms with E-state index in [-0.39, 0.29) is 52.8 Å². The fourth-order valence-electron chi connectivity index (χ4n) is 5.86. The molecule has 0 aromatic carbocycles.